The minimum absolute atomic E-state index is 0.362. The summed E-state index contributed by atoms with van der Waals surface area (Å²) in [6.07, 6.45) is 2.79. The maximum absolute atomic E-state index is 8.74. The first kappa shape index (κ1) is 10.3. The number of nitrogens with zero attached hydrogens (tertiary/aromatic N) is 2. The van der Waals surface area contributed by atoms with Gasteiger partial charge < -0.3 is 5.21 Å². The lowest BCUT2D eigenvalue weighted by Crippen LogP contribution is -2.45. The molecule has 1 aliphatic rings. The van der Waals surface area contributed by atoms with Gasteiger partial charge in [-0.1, -0.05) is 18.2 Å². The van der Waals surface area contributed by atoms with Crippen LogP contribution < -0.4 is 0 Å². The van der Waals surface area contributed by atoms with Crippen molar-refractivity contribution in [2.24, 2.45) is 11.1 Å². The molecule has 1 saturated heterocycles. The Balaban J connectivity index is 2.61. The normalized spacial score (nSPS) is 33.5. The summed E-state index contributed by atoms with van der Waals surface area (Å²) in [6.45, 7) is 9.87. The van der Waals surface area contributed by atoms with Crippen LogP contribution in [0.5, 0.6) is 0 Å². The summed E-state index contributed by atoms with van der Waals surface area (Å²) in [6, 6.07) is 0.458. The van der Waals surface area contributed by atoms with E-state index in [9.17, 15) is 0 Å². The van der Waals surface area contributed by atoms with E-state index in [0.29, 0.717) is 12.0 Å². The van der Waals surface area contributed by atoms with Gasteiger partial charge in [0.15, 0.2) is 0 Å². The molecule has 3 nitrogen and oxygen atoms in total. The molecular weight excluding hydrogens is 164 g/mol. The van der Waals surface area contributed by atoms with Gasteiger partial charge >= 0.3 is 0 Å². The Hall–Kier alpha value is -0.830. The molecule has 1 fully saturated rings. The highest BCUT2D eigenvalue weighted by atomic mass is 16.4. The third-order valence-electron chi connectivity index (χ3n) is 2.70. The van der Waals surface area contributed by atoms with Crippen molar-refractivity contribution in [2.45, 2.75) is 26.3 Å². The Morgan fingerprint density at radius 1 is 1.69 bits per heavy atom. The van der Waals surface area contributed by atoms with Crippen LogP contribution in [0.4, 0.5) is 0 Å². The van der Waals surface area contributed by atoms with Gasteiger partial charge in [0.2, 0.25) is 0 Å². The predicted molar refractivity (Wildman–Crippen MR) is 54.2 cm³/mol. The van der Waals surface area contributed by atoms with Crippen LogP contribution in [0, 0.1) is 5.92 Å². The molecule has 1 heterocycles. The zero-order valence-corrected chi connectivity index (χ0v) is 8.40. The SMILES string of the molecule is C=CCN1C[C@H](C)/C(=N\O)C[C@H]1C. The first-order valence-electron chi connectivity index (χ1n) is 4.74. The van der Waals surface area contributed by atoms with Gasteiger partial charge in [-0.2, -0.15) is 0 Å². The number of hydrogen-bond donors (Lipinski definition) is 1. The molecule has 0 aliphatic carbocycles. The van der Waals surface area contributed by atoms with E-state index in [1.54, 1.807) is 0 Å². The molecule has 1 N–H and O–H groups in total. The number of piperidine rings is 1. The van der Waals surface area contributed by atoms with E-state index in [4.69, 9.17) is 5.21 Å². The van der Waals surface area contributed by atoms with Gasteiger partial charge in [0.1, 0.15) is 0 Å². The summed E-state index contributed by atoms with van der Waals surface area (Å²) in [4.78, 5) is 2.35. The number of hydrogen-bond acceptors (Lipinski definition) is 3. The quantitative estimate of drug-likeness (QED) is 0.401. The van der Waals surface area contributed by atoms with Crippen LogP contribution in [0.15, 0.2) is 17.8 Å². The monoisotopic (exact) mass is 182 g/mol. The minimum atomic E-state index is 0.362. The molecule has 1 aliphatic heterocycles. The Morgan fingerprint density at radius 3 is 2.92 bits per heavy atom. The van der Waals surface area contributed by atoms with Crippen molar-refractivity contribution >= 4 is 5.71 Å². The van der Waals surface area contributed by atoms with E-state index in [1.807, 2.05) is 6.08 Å². The summed E-state index contributed by atoms with van der Waals surface area (Å²) in [5.41, 5.74) is 0.924. The van der Waals surface area contributed by atoms with Crippen molar-refractivity contribution in [3.63, 3.8) is 0 Å². The third-order valence-corrected chi connectivity index (χ3v) is 2.70. The lowest BCUT2D eigenvalue weighted by Gasteiger charge is -2.36. The van der Waals surface area contributed by atoms with Crippen molar-refractivity contribution in [1.82, 2.24) is 4.90 Å². The third kappa shape index (κ3) is 2.31. The van der Waals surface area contributed by atoms with Gasteiger partial charge in [0, 0.05) is 31.5 Å². The smallest absolute Gasteiger partial charge is 0.0627 e. The summed E-state index contributed by atoms with van der Waals surface area (Å²) in [5, 5.41) is 12.1. The van der Waals surface area contributed by atoms with Gasteiger partial charge in [0.05, 0.1) is 5.71 Å². The largest absolute Gasteiger partial charge is 0.411 e. The van der Waals surface area contributed by atoms with E-state index in [-0.39, 0.29) is 0 Å². The summed E-state index contributed by atoms with van der Waals surface area (Å²) >= 11 is 0. The van der Waals surface area contributed by atoms with E-state index in [0.717, 1.165) is 25.2 Å². The molecule has 1 rings (SSSR count). The van der Waals surface area contributed by atoms with Crippen LogP contribution >= 0.6 is 0 Å². The molecule has 0 spiro atoms. The summed E-state index contributed by atoms with van der Waals surface area (Å²) in [5.74, 6) is 0.362. The number of rotatable bonds is 2. The predicted octanol–water partition coefficient (Wildman–Crippen LogP) is 1.73. The topological polar surface area (TPSA) is 35.8 Å². The molecule has 0 aromatic carbocycles. The fraction of sp³-hybridized carbons (Fsp3) is 0.700. The molecule has 0 amide bonds. The number of oxime groups is 1. The zero-order valence-electron chi connectivity index (χ0n) is 8.40. The molecule has 0 saturated carbocycles. The Morgan fingerprint density at radius 2 is 2.38 bits per heavy atom. The molecule has 0 unspecified atom stereocenters. The highest BCUT2D eigenvalue weighted by Gasteiger charge is 2.26. The Kier molecular flexibility index (Phi) is 3.48. The van der Waals surface area contributed by atoms with Crippen LogP contribution in [-0.4, -0.2) is 35.0 Å². The number of likely N-dealkylation sites (tertiary alicyclic amines) is 1. The van der Waals surface area contributed by atoms with E-state index in [2.05, 4.69) is 30.5 Å². The molecule has 74 valence electrons. The van der Waals surface area contributed by atoms with Gasteiger partial charge in [0.25, 0.3) is 0 Å². The van der Waals surface area contributed by atoms with Crippen LogP contribution in [-0.2, 0) is 0 Å². The molecule has 0 aromatic rings. The standard InChI is InChI=1S/C10H18N2O/c1-4-5-12-7-8(2)10(11-13)6-9(12)3/h4,8-9,13H,1,5-7H2,2-3H3/b11-10-/t8-,9+/m0/s1. The Bertz CT molecular complexity index is 213. The van der Waals surface area contributed by atoms with Crippen LogP contribution in [0.1, 0.15) is 20.3 Å². The van der Waals surface area contributed by atoms with Crippen molar-refractivity contribution in [3.05, 3.63) is 12.7 Å². The van der Waals surface area contributed by atoms with Gasteiger partial charge in [-0.05, 0) is 6.92 Å². The maximum atomic E-state index is 8.74. The van der Waals surface area contributed by atoms with Crippen molar-refractivity contribution in [2.75, 3.05) is 13.1 Å². The average molecular weight is 182 g/mol. The fourth-order valence-electron chi connectivity index (χ4n) is 1.83. The second kappa shape index (κ2) is 4.42. The second-order valence-corrected chi connectivity index (χ2v) is 3.79. The maximum Gasteiger partial charge on any atom is 0.0627 e. The molecular formula is C10H18N2O. The fourth-order valence-corrected chi connectivity index (χ4v) is 1.83. The average Bonchev–Trinajstić information content (AvgIpc) is 2.11. The second-order valence-electron chi connectivity index (χ2n) is 3.79. The molecule has 0 bridgehead atoms. The first-order chi connectivity index (χ1) is 6.19. The molecule has 0 radical (unpaired) electrons. The molecule has 2 atom stereocenters. The van der Waals surface area contributed by atoms with Crippen LogP contribution in [0.2, 0.25) is 0 Å². The minimum Gasteiger partial charge on any atom is -0.411 e. The highest BCUT2D eigenvalue weighted by Crippen LogP contribution is 2.19. The summed E-state index contributed by atoms with van der Waals surface area (Å²) < 4.78 is 0. The van der Waals surface area contributed by atoms with Gasteiger partial charge in [-0.25, -0.2) is 0 Å². The molecule has 0 aromatic heterocycles. The van der Waals surface area contributed by atoms with Crippen LogP contribution in [0.3, 0.4) is 0 Å². The summed E-state index contributed by atoms with van der Waals surface area (Å²) in [7, 11) is 0. The van der Waals surface area contributed by atoms with E-state index in [1.165, 1.54) is 0 Å². The molecule has 13 heavy (non-hydrogen) atoms. The van der Waals surface area contributed by atoms with E-state index < -0.39 is 0 Å². The van der Waals surface area contributed by atoms with Gasteiger partial charge in [-0.3, -0.25) is 4.90 Å². The van der Waals surface area contributed by atoms with Crippen molar-refractivity contribution in [1.29, 1.82) is 0 Å². The van der Waals surface area contributed by atoms with Gasteiger partial charge in [-0.15, -0.1) is 6.58 Å². The Labute approximate surface area is 79.7 Å². The lowest BCUT2D eigenvalue weighted by atomic mass is 9.93. The van der Waals surface area contributed by atoms with Crippen molar-refractivity contribution < 1.29 is 5.21 Å². The van der Waals surface area contributed by atoms with Crippen molar-refractivity contribution in [3.8, 4) is 0 Å². The highest BCUT2D eigenvalue weighted by molar-refractivity contribution is 5.87. The zero-order chi connectivity index (χ0) is 9.84. The van der Waals surface area contributed by atoms with Crippen LogP contribution in [0.25, 0.3) is 0 Å². The molecule has 3 heteroatoms. The first-order valence-corrected chi connectivity index (χ1v) is 4.74. The lowest BCUT2D eigenvalue weighted by molar-refractivity contribution is 0.195. The van der Waals surface area contributed by atoms with E-state index >= 15 is 0 Å².